The van der Waals surface area contributed by atoms with E-state index in [0.717, 1.165) is 12.0 Å². The third-order valence-corrected chi connectivity index (χ3v) is 7.81. The van der Waals surface area contributed by atoms with Crippen LogP contribution in [0.4, 0.5) is 0 Å². The molecule has 1 aromatic carbocycles. The lowest BCUT2D eigenvalue weighted by Crippen LogP contribution is -2.34. The molecular formula is C41H81N11O20S2. The van der Waals surface area contributed by atoms with Crippen molar-refractivity contribution in [2.45, 2.75) is 121 Å². The van der Waals surface area contributed by atoms with E-state index >= 15 is 0 Å². The molecule has 0 aliphatic carbocycles. The average molecular weight is 1120 g/mol. The van der Waals surface area contributed by atoms with Gasteiger partial charge in [-0.05, 0) is 50.3 Å². The molecule has 0 saturated heterocycles. The number of benzene rings is 1. The summed E-state index contributed by atoms with van der Waals surface area (Å²) >= 11 is 5.07. The maximum atomic E-state index is 10.6. The number of thiol groups is 1. The van der Waals surface area contributed by atoms with Crippen LogP contribution in [0.15, 0.2) is 30.3 Å². The summed E-state index contributed by atoms with van der Waals surface area (Å²) in [5.74, 6) is -9.78. The van der Waals surface area contributed by atoms with E-state index < -0.39 is 114 Å². The van der Waals surface area contributed by atoms with Crippen LogP contribution in [-0.2, 0) is 59.2 Å². The highest BCUT2D eigenvalue weighted by molar-refractivity contribution is 7.98. The molecule has 0 heterocycles. The second-order valence-corrected chi connectivity index (χ2v) is 15.6. The Morgan fingerprint density at radius 3 is 1.15 bits per heavy atom. The van der Waals surface area contributed by atoms with Crippen LogP contribution >= 0.6 is 24.4 Å². The number of hydrogen-bond donors (Lipinski definition) is 21. The van der Waals surface area contributed by atoms with Crippen molar-refractivity contribution in [3.63, 3.8) is 0 Å². The second-order valence-electron chi connectivity index (χ2n) is 14.3. The minimum Gasteiger partial charge on any atom is -0.480 e. The summed E-state index contributed by atoms with van der Waals surface area (Å²) in [4.78, 5) is 111. The molecule has 8 unspecified atom stereocenters. The Kier molecular flexibility index (Phi) is 47.0. The first-order valence-corrected chi connectivity index (χ1v) is 22.9. The van der Waals surface area contributed by atoms with Gasteiger partial charge < -0.3 is 109 Å². The molecule has 0 aliphatic rings. The van der Waals surface area contributed by atoms with Gasteiger partial charge in [0.05, 0.1) is 13.0 Å². The number of carbonyl (C=O) groups excluding carboxylic acids is 2. The smallest absolute Gasteiger partial charge is 0.321 e. The fraction of sp³-hybridized carbons (Fsp3) is 0.585. The number of thioether (sulfide) groups is 1. The van der Waals surface area contributed by atoms with Crippen molar-refractivity contribution in [3.05, 3.63) is 35.9 Å². The van der Waals surface area contributed by atoms with Crippen molar-refractivity contribution >= 4 is 89.9 Å². The molecule has 0 bridgehead atoms. The Labute approximate surface area is 450 Å². The van der Waals surface area contributed by atoms with Crippen molar-refractivity contribution in [3.8, 4) is 0 Å². The molecule has 0 saturated carbocycles. The van der Waals surface area contributed by atoms with Crippen LogP contribution in [-0.4, -0.2) is 184 Å². The molecule has 0 aromatic heterocycles. The van der Waals surface area contributed by atoms with E-state index in [1.807, 2.05) is 85.5 Å². The molecular weight excluding hydrogens is 1030 g/mol. The summed E-state index contributed by atoms with van der Waals surface area (Å²) in [6.07, 6.45) is 3.59. The van der Waals surface area contributed by atoms with Crippen LogP contribution in [0.5, 0.6) is 0 Å². The number of rotatable bonds is 32. The fourth-order valence-corrected chi connectivity index (χ4v) is 3.57. The number of carboxylic acid groups (broad SMARTS) is 9. The van der Waals surface area contributed by atoms with Crippen molar-refractivity contribution in [2.75, 3.05) is 24.3 Å². The highest BCUT2D eigenvalue weighted by atomic mass is 32.2. The van der Waals surface area contributed by atoms with Crippen LogP contribution in [0.1, 0.15) is 71.8 Å². The Balaban J connectivity index is -0.000000128. The van der Waals surface area contributed by atoms with Crippen molar-refractivity contribution in [1.29, 1.82) is 0 Å². The van der Waals surface area contributed by atoms with Gasteiger partial charge in [-0.2, -0.15) is 24.4 Å². The van der Waals surface area contributed by atoms with Crippen LogP contribution in [0.25, 0.3) is 0 Å². The van der Waals surface area contributed by atoms with E-state index in [-0.39, 0.29) is 31.6 Å². The lowest BCUT2D eigenvalue weighted by molar-refractivity contribution is -0.140. The number of carbonyl (C=O) groups is 11. The zero-order valence-electron chi connectivity index (χ0n) is 50.2. The Hall–Kier alpha value is -6.27. The largest absolute Gasteiger partial charge is 0.480 e. The molecule has 0 aliphatic heterocycles. The minimum atomic E-state index is -1.26. The van der Waals surface area contributed by atoms with Crippen molar-refractivity contribution in [1.82, 2.24) is 0 Å². The SMILES string of the molecule is [2H]NC(C)C(=O)O.[2H]NC(CC(C)C)C(=O)O.[2H]NC(CC(N)=O)C(=O)O.[2H]NC(CCC(N)=O)C(=O)O.[2H]NC(CCC)C(=O)O.[2H]NC(CS)C(=O)O.[2H]NC(CSC)C(=O)O.[2H]NC(Cc1ccccc1)C(=O)O.[2H]NCC(=O)O. The number of hydrogen-bond acceptors (Lipinski definition) is 22. The maximum Gasteiger partial charge on any atom is 0.321 e. The van der Waals surface area contributed by atoms with Crippen LogP contribution in [0.3, 0.4) is 0 Å². The molecule has 0 radical (unpaired) electrons. The zero-order chi connectivity index (χ0) is 66.8. The van der Waals surface area contributed by atoms with E-state index in [1.165, 1.54) is 18.7 Å². The van der Waals surface area contributed by atoms with Crippen LogP contribution in [0, 0.1) is 5.92 Å². The molecule has 0 fully saturated rings. The van der Waals surface area contributed by atoms with Gasteiger partial charge >= 0.3 is 53.7 Å². The first kappa shape index (κ1) is 63.8. The van der Waals surface area contributed by atoms with E-state index in [9.17, 15) is 52.7 Å². The number of amides is 2. The minimum absolute atomic E-state index is 0.0250. The molecule has 31 N–H and O–H groups in total. The van der Waals surface area contributed by atoms with Gasteiger partial charge in [0.2, 0.25) is 11.8 Å². The normalized spacial score (nSPS) is 14.2. The summed E-state index contributed by atoms with van der Waals surface area (Å²) in [5, 5.41) is 74.2. The van der Waals surface area contributed by atoms with Crippen LogP contribution in [0.2, 0.25) is 12.7 Å². The Morgan fingerprint density at radius 1 is 0.554 bits per heavy atom. The molecule has 1 rings (SSSR count). The van der Waals surface area contributed by atoms with Gasteiger partial charge in [-0.15, -0.1) is 0 Å². The zero-order valence-corrected chi connectivity index (χ0v) is 42.9. The van der Waals surface area contributed by atoms with Gasteiger partial charge in [-0.3, -0.25) is 52.7 Å². The summed E-state index contributed by atoms with van der Waals surface area (Å²) in [7, 11) is 0. The summed E-state index contributed by atoms with van der Waals surface area (Å²) < 4.78 is 58.4. The maximum absolute atomic E-state index is 10.6. The standard InChI is InChI=1S/C9H11NO2.C6H13NO2.C5H10N2O3.C5H11NO2.C4H8N2O3.C4H9NO2S.C3H7NO2S.C3H7NO2.C2H5NO2/c10-8(9(11)12)6-7-4-2-1-3-5-7;1-4(2)3-5(7)6(8)9;6-3(5(9)10)1-2-4(7)8;1-2-3-4(6)5(7)8;5-2(4(8)9)1-3(6)7;1-8-2-3(5)4(6)7;4-2(1-7)3(5)6;1-2(4)3(5)6;3-1-2(4)5/h1-5,8H,6,10H2,(H,11,12);4-5H,3,7H2,1-2H3,(H,8,9);3H,1-2,6H2,(H2,7,8)(H,9,10);4H,2-3,6H2,1H3,(H,7,8);2H,1,5H2,(H2,6,7)(H,8,9);3H,2,5H2,1H3,(H,6,7);2,7H,1,4H2,(H,5,6);2H,4H2,1H3,(H,5,6);1,3H2,(H,4,5)/i/hD9. The van der Waals surface area contributed by atoms with Gasteiger partial charge in [0, 0.05) is 17.9 Å². The average Bonchev–Trinajstić information content (AvgIpc) is 3.40. The molecule has 74 heavy (non-hydrogen) atoms. The first-order valence-electron chi connectivity index (χ1n) is 25.4. The monoisotopic (exact) mass is 1120 g/mol. The van der Waals surface area contributed by atoms with Gasteiger partial charge in [-0.25, -0.2) is 0 Å². The van der Waals surface area contributed by atoms with E-state index in [0.29, 0.717) is 30.9 Å². The van der Waals surface area contributed by atoms with Gasteiger partial charge in [0.1, 0.15) is 61.0 Å². The van der Waals surface area contributed by atoms with Gasteiger partial charge in [0.25, 0.3) is 0 Å². The first-order chi connectivity index (χ1) is 38.6. The van der Waals surface area contributed by atoms with Crippen molar-refractivity contribution < 1.29 is 111 Å². The second kappa shape index (κ2) is 54.5. The summed E-state index contributed by atoms with van der Waals surface area (Å²) in [6.45, 7) is 6.84. The lowest BCUT2D eigenvalue weighted by atomic mass is 10.1. The van der Waals surface area contributed by atoms with E-state index in [4.69, 9.17) is 64.4 Å². The third-order valence-electron chi connectivity index (χ3n) is 6.78. The predicted molar refractivity (Wildman–Crippen MR) is 276 cm³/mol. The number of aliphatic carboxylic acids is 9. The lowest BCUT2D eigenvalue weighted by Gasteiger charge is -2.07. The number of carboxylic acids is 9. The fourth-order valence-electron chi connectivity index (χ4n) is 2.94. The topological polar surface area (TPSA) is 656 Å². The summed E-state index contributed by atoms with van der Waals surface area (Å²) in [5.41, 5.74) is 27.1. The predicted octanol–water partition coefficient (Wildman–Crippen LogP) is -4.24. The Bertz CT molecular complexity index is 1910. The van der Waals surface area contributed by atoms with Crippen molar-refractivity contribution in [2.24, 2.45) is 68.9 Å². The molecule has 1 aromatic rings. The van der Waals surface area contributed by atoms with Crippen LogP contribution < -0.4 is 63.0 Å². The molecule has 432 valence electrons. The highest BCUT2D eigenvalue weighted by Crippen LogP contribution is 2.02. The molecule has 2 amide bonds. The van der Waals surface area contributed by atoms with Gasteiger partial charge in [-0.1, -0.05) is 57.5 Å². The molecule has 8 atom stereocenters. The highest BCUT2D eigenvalue weighted by Gasteiger charge is 2.15. The van der Waals surface area contributed by atoms with Gasteiger partial charge in [0.15, 0.2) is 0 Å². The van der Waals surface area contributed by atoms with E-state index in [2.05, 4.69) is 18.4 Å². The number of nitrogens with two attached hydrogens (primary N) is 11. The number of primary amides is 2. The summed E-state index contributed by atoms with van der Waals surface area (Å²) in [6, 6.07) is 2.43. The molecule has 0 spiro atoms. The molecule has 31 nitrogen and oxygen atoms in total. The third kappa shape index (κ3) is 74.7. The van der Waals surface area contributed by atoms with E-state index in [1.54, 1.807) is 23.4 Å². The Morgan fingerprint density at radius 2 is 0.973 bits per heavy atom. The quantitative estimate of drug-likeness (QED) is 0.0304. The molecule has 33 heteroatoms.